The number of carbonyl (C=O) groups excluding carboxylic acids is 2. The molecule has 0 aliphatic heterocycles. The number of benzene rings is 2. The van der Waals surface area contributed by atoms with Gasteiger partial charge < -0.3 is 4.84 Å². The van der Waals surface area contributed by atoms with Gasteiger partial charge in [0.25, 0.3) is 0 Å². The molecular formula is C23H27NO3S. The third-order valence-electron chi connectivity index (χ3n) is 4.17. The largest absolute Gasteiger partial charge is 0.334 e. The average Bonchev–Trinajstić information content (AvgIpc) is 2.74. The first kappa shape index (κ1) is 21.9. The van der Waals surface area contributed by atoms with Crippen LogP contribution in [-0.4, -0.2) is 17.5 Å². The van der Waals surface area contributed by atoms with E-state index in [1.165, 1.54) is 0 Å². The molecule has 28 heavy (non-hydrogen) atoms. The Morgan fingerprint density at radius 1 is 0.893 bits per heavy atom. The van der Waals surface area contributed by atoms with Gasteiger partial charge in [0, 0.05) is 21.8 Å². The number of hydrogen-bond donors (Lipinski definition) is 0. The Kier molecular flexibility index (Phi) is 9.49. The normalized spacial score (nSPS) is 11.3. The van der Waals surface area contributed by atoms with Crippen molar-refractivity contribution < 1.29 is 14.4 Å². The Hall–Kier alpha value is -2.40. The maximum Gasteiger partial charge on any atom is 0.334 e. The summed E-state index contributed by atoms with van der Waals surface area (Å²) in [7, 11) is 0. The van der Waals surface area contributed by atoms with Crippen LogP contribution in [0.5, 0.6) is 0 Å². The first-order chi connectivity index (χ1) is 13.6. The molecule has 0 spiro atoms. The summed E-state index contributed by atoms with van der Waals surface area (Å²) in [5, 5.41) is 3.87. The van der Waals surface area contributed by atoms with Gasteiger partial charge in [-0.3, -0.25) is 4.79 Å². The summed E-state index contributed by atoms with van der Waals surface area (Å²) in [5.74, 6) is -0.620. The van der Waals surface area contributed by atoms with Crippen molar-refractivity contribution >= 4 is 29.2 Å². The number of nitrogens with zero attached hydrogens (tertiary/aromatic N) is 1. The molecule has 0 aromatic heterocycles. The van der Waals surface area contributed by atoms with E-state index in [0.29, 0.717) is 17.7 Å². The number of rotatable bonds is 11. The Bertz CT molecular complexity index is 785. The molecule has 0 N–H and O–H groups in total. The highest BCUT2D eigenvalue weighted by Gasteiger charge is 2.16. The molecule has 4 nitrogen and oxygen atoms in total. The van der Waals surface area contributed by atoms with E-state index in [-0.39, 0.29) is 12.2 Å². The molecule has 0 amide bonds. The molecular weight excluding hydrogens is 370 g/mol. The lowest BCUT2D eigenvalue weighted by atomic mass is 10.0. The third-order valence-corrected chi connectivity index (χ3v) is 5.19. The average molecular weight is 398 g/mol. The van der Waals surface area contributed by atoms with Crippen LogP contribution in [0.2, 0.25) is 0 Å². The quantitative estimate of drug-likeness (QED) is 0.147. The first-order valence-corrected chi connectivity index (χ1v) is 10.6. The minimum absolute atomic E-state index is 0.184. The van der Waals surface area contributed by atoms with Crippen molar-refractivity contribution in [2.24, 2.45) is 5.16 Å². The van der Waals surface area contributed by atoms with Crippen LogP contribution in [0.3, 0.4) is 0 Å². The van der Waals surface area contributed by atoms with Gasteiger partial charge in [0.05, 0.1) is 0 Å². The highest BCUT2D eigenvalue weighted by atomic mass is 32.2. The Morgan fingerprint density at radius 2 is 1.57 bits per heavy atom. The fraction of sp³-hybridized carbons (Fsp3) is 0.348. The van der Waals surface area contributed by atoms with Gasteiger partial charge >= 0.3 is 5.97 Å². The second-order valence-electron chi connectivity index (χ2n) is 6.43. The summed E-state index contributed by atoms with van der Waals surface area (Å²) < 4.78 is 0. The molecule has 0 fully saturated rings. The van der Waals surface area contributed by atoms with E-state index >= 15 is 0 Å². The zero-order valence-corrected chi connectivity index (χ0v) is 17.3. The zero-order chi connectivity index (χ0) is 20.2. The molecule has 2 aromatic rings. The molecule has 5 heteroatoms. The molecule has 0 heterocycles. The van der Waals surface area contributed by atoms with Gasteiger partial charge in [-0.1, -0.05) is 68.2 Å². The fourth-order valence-electron chi connectivity index (χ4n) is 2.56. The summed E-state index contributed by atoms with van der Waals surface area (Å²) in [4.78, 5) is 31.4. The van der Waals surface area contributed by atoms with Gasteiger partial charge in [-0.25, -0.2) is 4.79 Å². The van der Waals surface area contributed by atoms with E-state index < -0.39 is 5.97 Å². The predicted octanol–water partition coefficient (Wildman–Crippen LogP) is 6.30. The topological polar surface area (TPSA) is 55.7 Å². The van der Waals surface area contributed by atoms with E-state index in [1.807, 2.05) is 42.5 Å². The first-order valence-electron chi connectivity index (χ1n) is 9.78. The third kappa shape index (κ3) is 7.31. The smallest absolute Gasteiger partial charge is 0.318 e. The van der Waals surface area contributed by atoms with Crippen molar-refractivity contribution in [3.63, 3.8) is 0 Å². The summed E-state index contributed by atoms with van der Waals surface area (Å²) in [6.07, 6.45) is 4.84. The van der Waals surface area contributed by atoms with Crippen LogP contribution in [-0.2, 0) is 9.63 Å². The lowest BCUT2D eigenvalue weighted by molar-refractivity contribution is -0.143. The van der Waals surface area contributed by atoms with Crippen LogP contribution in [0.1, 0.15) is 62.7 Å². The Labute approximate surface area is 171 Å². The molecule has 0 bridgehead atoms. The van der Waals surface area contributed by atoms with Crippen molar-refractivity contribution in [1.82, 2.24) is 0 Å². The van der Waals surface area contributed by atoms with Gasteiger partial charge in [0.15, 0.2) is 0 Å². The van der Waals surface area contributed by atoms with Gasteiger partial charge in [-0.05, 0) is 49.2 Å². The minimum atomic E-state index is -0.437. The van der Waals surface area contributed by atoms with Crippen molar-refractivity contribution in [2.45, 2.75) is 62.2 Å². The molecule has 148 valence electrons. The molecule has 2 aromatic carbocycles. The van der Waals surface area contributed by atoms with Crippen LogP contribution >= 0.6 is 11.8 Å². The fourth-order valence-corrected chi connectivity index (χ4v) is 3.39. The second kappa shape index (κ2) is 12.1. The summed E-state index contributed by atoms with van der Waals surface area (Å²) >= 11 is 1.64. The number of Topliss-reactive ketones (excluding diaryl/α,β-unsaturated/α-hetero) is 1. The van der Waals surface area contributed by atoms with Crippen LogP contribution in [0.25, 0.3) is 0 Å². The predicted molar refractivity (Wildman–Crippen MR) is 114 cm³/mol. The van der Waals surface area contributed by atoms with E-state index in [4.69, 9.17) is 4.84 Å². The number of unbranched alkanes of at least 4 members (excludes halogenated alkanes) is 3. The number of oxime groups is 1. The monoisotopic (exact) mass is 397 g/mol. The molecule has 0 saturated carbocycles. The molecule has 0 aliphatic carbocycles. The van der Waals surface area contributed by atoms with Crippen molar-refractivity contribution in [3.05, 3.63) is 60.2 Å². The molecule has 0 saturated heterocycles. The lowest BCUT2D eigenvalue weighted by Crippen LogP contribution is -2.16. The summed E-state index contributed by atoms with van der Waals surface area (Å²) in [6.45, 7) is 3.84. The molecule has 0 aliphatic rings. The van der Waals surface area contributed by atoms with Gasteiger partial charge in [0.2, 0.25) is 5.78 Å². The Morgan fingerprint density at radius 3 is 2.21 bits per heavy atom. The van der Waals surface area contributed by atoms with E-state index in [9.17, 15) is 9.59 Å². The van der Waals surface area contributed by atoms with Crippen LogP contribution in [0.15, 0.2) is 69.5 Å². The van der Waals surface area contributed by atoms with E-state index in [0.717, 1.165) is 35.5 Å². The standard InChI is InChI=1S/C23H27NO3S/c1-3-5-6-10-13-21(24-27-22(25)4-2)23(26)18-14-16-20(17-15-18)28-19-11-8-7-9-12-19/h7-9,11-12,14-17H,3-6,10,13H2,1-2H3/b24-21+. The van der Waals surface area contributed by atoms with Crippen molar-refractivity contribution in [1.29, 1.82) is 0 Å². The van der Waals surface area contributed by atoms with Crippen LogP contribution in [0, 0.1) is 0 Å². The maximum absolute atomic E-state index is 12.9. The summed E-state index contributed by atoms with van der Waals surface area (Å²) in [5.41, 5.74) is 0.862. The van der Waals surface area contributed by atoms with Crippen molar-refractivity contribution in [2.75, 3.05) is 0 Å². The van der Waals surface area contributed by atoms with Gasteiger partial charge in [-0.15, -0.1) is 0 Å². The maximum atomic E-state index is 12.9. The van der Waals surface area contributed by atoms with Crippen LogP contribution < -0.4 is 0 Å². The molecule has 0 atom stereocenters. The number of hydrogen-bond acceptors (Lipinski definition) is 5. The molecule has 0 unspecified atom stereocenters. The SMILES string of the molecule is CCCCCC/C(=N\OC(=O)CC)C(=O)c1ccc(Sc2ccccc2)cc1. The van der Waals surface area contributed by atoms with Gasteiger partial charge in [-0.2, -0.15) is 0 Å². The highest BCUT2D eigenvalue weighted by Crippen LogP contribution is 2.27. The lowest BCUT2D eigenvalue weighted by Gasteiger charge is -2.07. The zero-order valence-electron chi connectivity index (χ0n) is 16.5. The Balaban J connectivity index is 2.07. The highest BCUT2D eigenvalue weighted by molar-refractivity contribution is 7.99. The molecule has 2 rings (SSSR count). The summed E-state index contributed by atoms with van der Waals surface area (Å²) in [6, 6.07) is 17.5. The van der Waals surface area contributed by atoms with E-state index in [2.05, 4.69) is 12.1 Å². The van der Waals surface area contributed by atoms with Gasteiger partial charge in [0.1, 0.15) is 5.71 Å². The van der Waals surface area contributed by atoms with E-state index in [1.54, 1.807) is 30.8 Å². The molecule has 0 radical (unpaired) electrons. The number of ketones is 1. The van der Waals surface area contributed by atoms with Crippen LogP contribution in [0.4, 0.5) is 0 Å². The minimum Gasteiger partial charge on any atom is -0.318 e. The second-order valence-corrected chi connectivity index (χ2v) is 7.58. The number of carbonyl (C=O) groups is 2. The van der Waals surface area contributed by atoms with Crippen molar-refractivity contribution in [3.8, 4) is 0 Å².